The molecule has 0 aliphatic carbocycles. The molecule has 0 spiro atoms. The Balaban J connectivity index is 3.55. The van der Waals surface area contributed by atoms with Crippen LogP contribution in [0.15, 0.2) is 10.9 Å². The predicted molar refractivity (Wildman–Crippen MR) is 49.7 cm³/mol. The molecule has 1 heterocycles. The molecular weight excluding hydrogens is 336 g/mol. The third kappa shape index (κ3) is 2.67. The summed E-state index contributed by atoms with van der Waals surface area (Å²) in [6, 6.07) is 0.607. The summed E-state index contributed by atoms with van der Waals surface area (Å²) in [6.07, 6.45) is -8.42. The van der Waals surface area contributed by atoms with Gasteiger partial charge in [0, 0.05) is 5.56 Å². The van der Waals surface area contributed by atoms with Crippen molar-refractivity contribution in [1.29, 1.82) is 0 Å². The maximum Gasteiger partial charge on any atom is 0.422 e. The van der Waals surface area contributed by atoms with Crippen LogP contribution in [0.5, 0.6) is 0 Å². The summed E-state index contributed by atoms with van der Waals surface area (Å²) >= 11 is 1.45. The van der Waals surface area contributed by atoms with E-state index in [1.807, 2.05) is 4.98 Å². The molecule has 8 heteroatoms. The quantitative estimate of drug-likeness (QED) is 0.476. The fraction of sp³-hybridized carbons (Fsp3) is 0.286. The zero-order valence-electron chi connectivity index (χ0n) is 6.83. The number of hydrogen-bond acceptors (Lipinski definition) is 1. The van der Waals surface area contributed by atoms with E-state index >= 15 is 0 Å². The van der Waals surface area contributed by atoms with Gasteiger partial charge in [0.25, 0.3) is 12.0 Å². The standard InChI is InChI=1S/C7H3F5INO/c8-5(9)2-1-3(13)14-6(15)4(2)7(10,11)12/h1,5H,(H,14,15). The van der Waals surface area contributed by atoms with Crippen LogP contribution in [0.2, 0.25) is 0 Å². The second-order valence-corrected chi connectivity index (χ2v) is 3.74. The van der Waals surface area contributed by atoms with Crippen LogP contribution in [-0.4, -0.2) is 4.98 Å². The number of nitrogens with one attached hydrogen (secondary N) is 1. The average Bonchev–Trinajstić information content (AvgIpc) is 1.99. The molecule has 0 amide bonds. The van der Waals surface area contributed by atoms with Gasteiger partial charge in [-0.2, -0.15) is 13.2 Å². The lowest BCUT2D eigenvalue weighted by Crippen LogP contribution is -2.25. The summed E-state index contributed by atoms with van der Waals surface area (Å²) in [5, 5.41) is 0. The van der Waals surface area contributed by atoms with E-state index in [-0.39, 0.29) is 3.70 Å². The maximum absolute atomic E-state index is 12.3. The number of halogens is 6. The van der Waals surface area contributed by atoms with Crippen LogP contribution in [0.25, 0.3) is 0 Å². The minimum Gasteiger partial charge on any atom is -0.317 e. The SMILES string of the molecule is O=c1[nH]c(I)cc(C(F)F)c1C(F)(F)F. The molecule has 0 aliphatic rings. The minimum atomic E-state index is -5.08. The molecule has 0 unspecified atom stereocenters. The van der Waals surface area contributed by atoms with Crippen LogP contribution in [0.4, 0.5) is 22.0 Å². The highest BCUT2D eigenvalue weighted by Gasteiger charge is 2.39. The van der Waals surface area contributed by atoms with E-state index < -0.39 is 29.3 Å². The highest BCUT2D eigenvalue weighted by atomic mass is 127. The van der Waals surface area contributed by atoms with Gasteiger partial charge in [-0.15, -0.1) is 0 Å². The number of alkyl halides is 5. The van der Waals surface area contributed by atoms with Gasteiger partial charge in [-0.1, -0.05) is 0 Å². The van der Waals surface area contributed by atoms with Gasteiger partial charge in [0.05, 0.1) is 3.70 Å². The molecule has 0 saturated heterocycles. The molecule has 0 fully saturated rings. The molecule has 0 bridgehead atoms. The molecule has 0 saturated carbocycles. The van der Waals surface area contributed by atoms with E-state index in [0.717, 1.165) is 0 Å². The first-order chi connectivity index (χ1) is 6.73. The molecule has 0 aromatic carbocycles. The molecular formula is C7H3F5INO. The number of H-pyrrole nitrogens is 1. The molecule has 1 aromatic rings. The van der Waals surface area contributed by atoms with Crippen molar-refractivity contribution in [2.45, 2.75) is 12.6 Å². The first-order valence-electron chi connectivity index (χ1n) is 3.51. The lowest BCUT2D eigenvalue weighted by atomic mass is 10.1. The Morgan fingerprint density at radius 3 is 2.27 bits per heavy atom. The Morgan fingerprint density at radius 2 is 1.87 bits per heavy atom. The first-order valence-corrected chi connectivity index (χ1v) is 4.59. The van der Waals surface area contributed by atoms with Crippen molar-refractivity contribution in [3.8, 4) is 0 Å². The van der Waals surface area contributed by atoms with Gasteiger partial charge in [0.15, 0.2) is 0 Å². The summed E-state index contributed by atoms with van der Waals surface area (Å²) in [4.78, 5) is 12.7. The normalized spacial score (nSPS) is 12.2. The molecule has 1 aromatic heterocycles. The zero-order valence-corrected chi connectivity index (χ0v) is 8.99. The summed E-state index contributed by atoms with van der Waals surface area (Å²) in [7, 11) is 0. The van der Waals surface area contributed by atoms with Gasteiger partial charge in [-0.3, -0.25) is 4.79 Å². The van der Waals surface area contributed by atoms with E-state index in [1.165, 1.54) is 22.6 Å². The van der Waals surface area contributed by atoms with Crippen molar-refractivity contribution in [2.75, 3.05) is 0 Å². The Morgan fingerprint density at radius 1 is 1.33 bits per heavy atom. The van der Waals surface area contributed by atoms with E-state index in [0.29, 0.717) is 6.07 Å². The first kappa shape index (κ1) is 12.4. The van der Waals surface area contributed by atoms with E-state index in [2.05, 4.69) is 0 Å². The van der Waals surface area contributed by atoms with E-state index in [1.54, 1.807) is 0 Å². The van der Waals surface area contributed by atoms with Crippen LogP contribution in [0.1, 0.15) is 17.6 Å². The fourth-order valence-corrected chi connectivity index (χ4v) is 1.59. The molecule has 0 radical (unpaired) electrons. The largest absolute Gasteiger partial charge is 0.422 e. The fourth-order valence-electron chi connectivity index (χ4n) is 1.01. The average molecular weight is 339 g/mol. The third-order valence-corrected chi connectivity index (χ3v) is 2.13. The van der Waals surface area contributed by atoms with Gasteiger partial charge in [-0.05, 0) is 28.7 Å². The lowest BCUT2D eigenvalue weighted by molar-refractivity contribution is -0.140. The van der Waals surface area contributed by atoms with Gasteiger partial charge < -0.3 is 4.98 Å². The summed E-state index contributed by atoms with van der Waals surface area (Å²) in [5.74, 6) is 0. The minimum absolute atomic E-state index is 0.0686. The lowest BCUT2D eigenvalue weighted by Gasteiger charge is -2.11. The number of pyridine rings is 1. The van der Waals surface area contributed by atoms with Crippen LogP contribution in [-0.2, 0) is 6.18 Å². The topological polar surface area (TPSA) is 32.9 Å². The predicted octanol–water partition coefficient (Wildman–Crippen LogP) is 2.94. The second kappa shape index (κ2) is 4.06. The van der Waals surface area contributed by atoms with E-state index in [9.17, 15) is 26.7 Å². The molecule has 0 aliphatic heterocycles. The van der Waals surface area contributed by atoms with E-state index in [4.69, 9.17) is 0 Å². The molecule has 0 atom stereocenters. The molecule has 15 heavy (non-hydrogen) atoms. The molecule has 2 nitrogen and oxygen atoms in total. The number of aromatic nitrogens is 1. The zero-order chi connectivity index (χ0) is 11.8. The molecule has 1 rings (SSSR count). The maximum atomic E-state index is 12.3. The molecule has 1 N–H and O–H groups in total. The third-order valence-electron chi connectivity index (χ3n) is 1.55. The van der Waals surface area contributed by atoms with Crippen molar-refractivity contribution < 1.29 is 22.0 Å². The Bertz CT molecular complexity index is 424. The monoisotopic (exact) mass is 339 g/mol. The summed E-state index contributed by atoms with van der Waals surface area (Å²) in [6.45, 7) is 0. The van der Waals surface area contributed by atoms with Crippen LogP contribution in [0.3, 0.4) is 0 Å². The molecule has 84 valence electrons. The van der Waals surface area contributed by atoms with Crippen molar-refractivity contribution in [1.82, 2.24) is 4.98 Å². The number of hydrogen-bond donors (Lipinski definition) is 1. The van der Waals surface area contributed by atoms with Crippen molar-refractivity contribution in [3.63, 3.8) is 0 Å². The van der Waals surface area contributed by atoms with Crippen molar-refractivity contribution >= 4 is 22.6 Å². The highest BCUT2D eigenvalue weighted by Crippen LogP contribution is 2.33. The van der Waals surface area contributed by atoms with Gasteiger partial charge in [-0.25, -0.2) is 8.78 Å². The Labute approximate surface area is 93.6 Å². The number of aromatic amines is 1. The second-order valence-electron chi connectivity index (χ2n) is 2.58. The van der Waals surface area contributed by atoms with Gasteiger partial charge in [0.2, 0.25) is 0 Å². The van der Waals surface area contributed by atoms with Gasteiger partial charge >= 0.3 is 6.18 Å². The van der Waals surface area contributed by atoms with Crippen molar-refractivity contribution in [2.24, 2.45) is 0 Å². The van der Waals surface area contributed by atoms with Crippen LogP contribution < -0.4 is 5.56 Å². The van der Waals surface area contributed by atoms with Gasteiger partial charge in [0.1, 0.15) is 5.56 Å². The highest BCUT2D eigenvalue weighted by molar-refractivity contribution is 14.1. The summed E-state index contributed by atoms with van der Waals surface area (Å²) in [5.41, 5.74) is -4.68. The Kier molecular flexibility index (Phi) is 3.36. The van der Waals surface area contributed by atoms with Crippen molar-refractivity contribution in [3.05, 3.63) is 31.2 Å². The Hall–Kier alpha value is -0.670. The summed E-state index contributed by atoms with van der Waals surface area (Å²) < 4.78 is 61.2. The smallest absolute Gasteiger partial charge is 0.317 e. The van der Waals surface area contributed by atoms with Crippen LogP contribution >= 0.6 is 22.6 Å². The van der Waals surface area contributed by atoms with Crippen LogP contribution in [0, 0.1) is 3.70 Å². The number of rotatable bonds is 1.